The number of aliphatic hydroxyl groups is 1. The molecule has 17 heavy (non-hydrogen) atoms. The zero-order chi connectivity index (χ0) is 13.4. The Hall–Kier alpha value is -1.67. The molecule has 0 radical (unpaired) electrons. The topological polar surface area (TPSA) is 127 Å². The van der Waals surface area contributed by atoms with Gasteiger partial charge in [-0.15, -0.1) is 0 Å². The first-order valence-electron chi connectivity index (χ1n) is 5.00. The number of rotatable bonds is 1. The van der Waals surface area contributed by atoms with Gasteiger partial charge in [-0.25, -0.2) is 9.59 Å². The first kappa shape index (κ1) is 15.3. The minimum absolute atomic E-state index is 0.161. The molecule has 0 unspecified atom stereocenters. The quantitative estimate of drug-likeness (QED) is 0.393. The predicted octanol–water partition coefficient (Wildman–Crippen LogP) is -2.05. The molecule has 1 fully saturated rings. The zero-order valence-corrected chi connectivity index (χ0v) is 9.42. The van der Waals surface area contributed by atoms with E-state index in [1.165, 1.54) is 6.92 Å². The fourth-order valence-corrected chi connectivity index (χ4v) is 1.15. The molecule has 1 atom stereocenters. The van der Waals surface area contributed by atoms with Gasteiger partial charge in [0.25, 0.3) is 5.91 Å². The molecule has 1 rings (SSSR count). The maximum Gasteiger partial charge on any atom is 0.414 e. The molecular weight excluding hydrogens is 232 g/mol. The van der Waals surface area contributed by atoms with Gasteiger partial charge in [-0.3, -0.25) is 4.79 Å². The van der Waals surface area contributed by atoms with Gasteiger partial charge in [0.05, 0.1) is 0 Å². The lowest BCUT2D eigenvalue weighted by Crippen LogP contribution is -2.49. The Balaban J connectivity index is 0.000000366. The Morgan fingerprint density at radius 2 is 1.53 bits per heavy atom. The number of carbonyl (C=O) groups is 3. The maximum atomic E-state index is 11.1. The molecule has 0 bridgehead atoms. The van der Waals surface area contributed by atoms with Crippen LogP contribution >= 0.6 is 0 Å². The molecule has 0 aromatic carbocycles. The first-order valence-corrected chi connectivity index (χ1v) is 5.00. The van der Waals surface area contributed by atoms with E-state index in [1.54, 1.807) is 4.90 Å². The van der Waals surface area contributed by atoms with E-state index in [1.807, 2.05) is 0 Å². The van der Waals surface area contributed by atoms with Crippen LogP contribution in [0, 0.1) is 0 Å². The molecule has 4 N–H and O–H groups in total. The highest BCUT2D eigenvalue weighted by atomic mass is 16.4. The second-order valence-corrected chi connectivity index (χ2v) is 3.36. The summed E-state index contributed by atoms with van der Waals surface area (Å²) in [6.07, 6.45) is -0.854. The van der Waals surface area contributed by atoms with Crippen LogP contribution in [0.25, 0.3) is 0 Å². The van der Waals surface area contributed by atoms with Crippen LogP contribution < -0.4 is 5.32 Å². The van der Waals surface area contributed by atoms with Crippen LogP contribution in [0.5, 0.6) is 0 Å². The molecule has 0 aliphatic carbocycles. The largest absolute Gasteiger partial charge is 0.473 e. The molecule has 98 valence electrons. The average molecular weight is 248 g/mol. The summed E-state index contributed by atoms with van der Waals surface area (Å²) in [5.74, 6) is -3.81. The number of aliphatic hydroxyl groups excluding tert-OH is 1. The Labute approximate surface area is 97.8 Å². The number of carboxylic acid groups (broad SMARTS) is 2. The van der Waals surface area contributed by atoms with Crippen LogP contribution in [0.3, 0.4) is 0 Å². The van der Waals surface area contributed by atoms with Crippen molar-refractivity contribution in [3.05, 3.63) is 0 Å². The van der Waals surface area contributed by atoms with E-state index in [0.29, 0.717) is 13.1 Å². The Kier molecular flexibility index (Phi) is 6.83. The summed E-state index contributed by atoms with van der Waals surface area (Å²) >= 11 is 0. The van der Waals surface area contributed by atoms with E-state index in [-0.39, 0.29) is 5.91 Å². The second kappa shape index (κ2) is 7.58. The molecule has 1 aliphatic rings. The third-order valence-electron chi connectivity index (χ3n) is 1.97. The van der Waals surface area contributed by atoms with Crippen molar-refractivity contribution in [2.45, 2.75) is 13.0 Å². The SMILES string of the molecule is C[C@H](O)C(=O)N1CCNCC1.O=C(O)C(=O)O. The zero-order valence-electron chi connectivity index (χ0n) is 9.42. The van der Waals surface area contributed by atoms with Gasteiger partial charge in [0.15, 0.2) is 0 Å². The van der Waals surface area contributed by atoms with Crippen LogP contribution in [-0.4, -0.2) is 70.3 Å². The fraction of sp³-hybridized carbons (Fsp3) is 0.667. The van der Waals surface area contributed by atoms with Gasteiger partial charge in [-0.1, -0.05) is 0 Å². The van der Waals surface area contributed by atoms with E-state index in [4.69, 9.17) is 24.9 Å². The number of carboxylic acids is 2. The molecular formula is C9H16N2O6. The Bertz CT molecular complexity index is 273. The molecule has 0 spiro atoms. The van der Waals surface area contributed by atoms with Crippen molar-refractivity contribution in [1.29, 1.82) is 0 Å². The van der Waals surface area contributed by atoms with Gasteiger partial charge < -0.3 is 25.5 Å². The Morgan fingerprint density at radius 1 is 1.12 bits per heavy atom. The molecule has 0 aromatic heterocycles. The smallest absolute Gasteiger partial charge is 0.414 e. The molecule has 1 amide bonds. The lowest BCUT2D eigenvalue weighted by Gasteiger charge is -2.28. The molecule has 8 nitrogen and oxygen atoms in total. The number of amides is 1. The van der Waals surface area contributed by atoms with Crippen molar-refractivity contribution in [3.63, 3.8) is 0 Å². The molecule has 1 aliphatic heterocycles. The van der Waals surface area contributed by atoms with Crippen LogP contribution in [0.1, 0.15) is 6.92 Å². The van der Waals surface area contributed by atoms with E-state index in [2.05, 4.69) is 5.32 Å². The third kappa shape index (κ3) is 6.48. The van der Waals surface area contributed by atoms with Crippen molar-refractivity contribution in [1.82, 2.24) is 10.2 Å². The monoisotopic (exact) mass is 248 g/mol. The number of nitrogens with one attached hydrogen (secondary N) is 1. The van der Waals surface area contributed by atoms with Gasteiger partial charge in [-0.2, -0.15) is 0 Å². The van der Waals surface area contributed by atoms with Crippen molar-refractivity contribution in [3.8, 4) is 0 Å². The van der Waals surface area contributed by atoms with Crippen molar-refractivity contribution >= 4 is 17.8 Å². The maximum absolute atomic E-state index is 11.1. The summed E-state index contributed by atoms with van der Waals surface area (Å²) in [7, 11) is 0. The normalized spacial score (nSPS) is 16.5. The number of carbonyl (C=O) groups excluding carboxylic acids is 1. The van der Waals surface area contributed by atoms with E-state index < -0.39 is 18.0 Å². The summed E-state index contributed by atoms with van der Waals surface area (Å²) in [5.41, 5.74) is 0. The van der Waals surface area contributed by atoms with Gasteiger partial charge in [-0.05, 0) is 6.92 Å². The summed E-state index contributed by atoms with van der Waals surface area (Å²) < 4.78 is 0. The number of hydrogen-bond acceptors (Lipinski definition) is 5. The fourth-order valence-electron chi connectivity index (χ4n) is 1.15. The van der Waals surface area contributed by atoms with Gasteiger partial charge >= 0.3 is 11.9 Å². The first-order chi connectivity index (χ1) is 7.86. The molecule has 1 heterocycles. The number of piperazine rings is 1. The minimum atomic E-state index is -1.82. The van der Waals surface area contributed by atoms with Crippen molar-refractivity contribution in [2.75, 3.05) is 26.2 Å². The van der Waals surface area contributed by atoms with E-state index >= 15 is 0 Å². The average Bonchev–Trinajstić information content (AvgIpc) is 2.29. The predicted molar refractivity (Wildman–Crippen MR) is 56.4 cm³/mol. The summed E-state index contributed by atoms with van der Waals surface area (Å²) in [4.78, 5) is 31.0. The minimum Gasteiger partial charge on any atom is -0.473 e. The molecule has 8 heteroatoms. The Morgan fingerprint density at radius 3 is 1.82 bits per heavy atom. The molecule has 1 saturated heterocycles. The summed E-state index contributed by atoms with van der Waals surface area (Å²) in [6, 6.07) is 0. The highest BCUT2D eigenvalue weighted by Gasteiger charge is 2.19. The standard InChI is InChI=1S/C7H14N2O2.C2H2O4/c1-6(10)7(11)9-4-2-8-3-5-9;3-1(4)2(5)6/h6,8,10H,2-5H2,1H3;(H,3,4)(H,5,6)/t6-;/m0./s1. The highest BCUT2D eigenvalue weighted by Crippen LogP contribution is 1.96. The van der Waals surface area contributed by atoms with Crippen LogP contribution in [-0.2, 0) is 14.4 Å². The van der Waals surface area contributed by atoms with E-state index in [0.717, 1.165) is 13.1 Å². The number of aliphatic carboxylic acids is 2. The van der Waals surface area contributed by atoms with Gasteiger partial charge in [0.2, 0.25) is 0 Å². The lowest BCUT2D eigenvalue weighted by atomic mass is 10.3. The van der Waals surface area contributed by atoms with E-state index in [9.17, 15) is 4.79 Å². The lowest BCUT2D eigenvalue weighted by molar-refractivity contribution is -0.159. The summed E-state index contributed by atoms with van der Waals surface area (Å²) in [5, 5.41) is 26.9. The number of nitrogens with zero attached hydrogens (tertiary/aromatic N) is 1. The molecule has 0 saturated carbocycles. The van der Waals surface area contributed by atoms with Crippen molar-refractivity contribution in [2.24, 2.45) is 0 Å². The van der Waals surface area contributed by atoms with Crippen LogP contribution in [0.2, 0.25) is 0 Å². The summed E-state index contributed by atoms with van der Waals surface area (Å²) in [6.45, 7) is 4.59. The third-order valence-corrected chi connectivity index (χ3v) is 1.97. The van der Waals surface area contributed by atoms with Gasteiger partial charge in [0.1, 0.15) is 6.10 Å². The van der Waals surface area contributed by atoms with Gasteiger partial charge in [0, 0.05) is 26.2 Å². The van der Waals surface area contributed by atoms with Crippen molar-refractivity contribution < 1.29 is 29.7 Å². The highest BCUT2D eigenvalue weighted by molar-refractivity contribution is 6.27. The number of hydrogen-bond donors (Lipinski definition) is 4. The second-order valence-electron chi connectivity index (χ2n) is 3.36. The van der Waals surface area contributed by atoms with Crippen LogP contribution in [0.4, 0.5) is 0 Å². The molecule has 0 aromatic rings. The van der Waals surface area contributed by atoms with Crippen LogP contribution in [0.15, 0.2) is 0 Å².